The van der Waals surface area contributed by atoms with Gasteiger partial charge in [-0.3, -0.25) is 0 Å². The maximum Gasteiger partial charge on any atom is 0.162 e. The fourth-order valence-corrected chi connectivity index (χ4v) is 3.71. The van der Waals surface area contributed by atoms with Crippen molar-refractivity contribution >= 4 is 0 Å². The Morgan fingerprint density at radius 2 is 1.29 bits per heavy atom. The van der Waals surface area contributed by atoms with Crippen molar-refractivity contribution in [3.8, 4) is 23.0 Å². The second-order valence-electron chi connectivity index (χ2n) is 8.15. The van der Waals surface area contributed by atoms with Crippen LogP contribution in [0.3, 0.4) is 0 Å². The minimum atomic E-state index is -0.186. The quantitative estimate of drug-likeness (QED) is 0.272. The van der Waals surface area contributed by atoms with E-state index >= 15 is 0 Å². The van der Waals surface area contributed by atoms with Crippen LogP contribution in [-0.2, 0) is 19.8 Å². The van der Waals surface area contributed by atoms with Crippen LogP contribution in [0.4, 0.5) is 0 Å². The molecule has 4 rings (SSSR count). The lowest BCUT2D eigenvalue weighted by molar-refractivity contribution is 0.215. The van der Waals surface area contributed by atoms with Gasteiger partial charge in [-0.15, -0.1) is 0 Å². The monoisotopic (exact) mass is 470 g/mol. The van der Waals surface area contributed by atoms with Crippen LogP contribution in [-0.4, -0.2) is 12.2 Å². The normalized spacial score (nSPS) is 11.5. The summed E-state index contributed by atoms with van der Waals surface area (Å²) in [6.07, 6.45) is -0.186. The van der Waals surface area contributed by atoms with Crippen molar-refractivity contribution in [3.05, 3.63) is 119 Å². The third kappa shape index (κ3) is 6.55. The van der Waals surface area contributed by atoms with E-state index in [4.69, 9.17) is 18.9 Å². The van der Waals surface area contributed by atoms with E-state index in [2.05, 4.69) is 0 Å². The molecular formula is C30H30O5. The molecule has 0 aliphatic heterocycles. The molecule has 5 heteroatoms. The van der Waals surface area contributed by atoms with Crippen molar-refractivity contribution in [2.75, 3.05) is 7.11 Å². The van der Waals surface area contributed by atoms with Crippen LogP contribution in [0.1, 0.15) is 35.3 Å². The lowest BCUT2D eigenvalue weighted by Crippen LogP contribution is -2.06. The smallest absolute Gasteiger partial charge is 0.162 e. The fraction of sp³-hybridized carbons (Fsp3) is 0.200. The van der Waals surface area contributed by atoms with Gasteiger partial charge in [0, 0.05) is 5.56 Å². The number of aliphatic hydroxyl groups is 1. The van der Waals surface area contributed by atoms with E-state index < -0.39 is 0 Å². The van der Waals surface area contributed by atoms with Crippen LogP contribution >= 0.6 is 0 Å². The maximum absolute atomic E-state index is 9.38. The van der Waals surface area contributed by atoms with Crippen LogP contribution in [0.5, 0.6) is 23.0 Å². The highest BCUT2D eigenvalue weighted by atomic mass is 16.5. The van der Waals surface area contributed by atoms with Gasteiger partial charge in [-0.05, 0) is 53.9 Å². The first-order valence-corrected chi connectivity index (χ1v) is 11.6. The summed E-state index contributed by atoms with van der Waals surface area (Å²) in [5, 5.41) is 9.38. The molecule has 0 bridgehead atoms. The average Bonchev–Trinajstić information content (AvgIpc) is 2.92. The maximum atomic E-state index is 9.38. The number of benzene rings is 4. The average molecular weight is 471 g/mol. The van der Waals surface area contributed by atoms with E-state index in [-0.39, 0.29) is 12.7 Å². The van der Waals surface area contributed by atoms with Crippen molar-refractivity contribution in [1.82, 2.24) is 0 Å². The number of para-hydroxylation sites is 1. The number of aliphatic hydroxyl groups excluding tert-OH is 1. The highest BCUT2D eigenvalue weighted by Crippen LogP contribution is 2.31. The lowest BCUT2D eigenvalue weighted by atomic mass is 10.1. The van der Waals surface area contributed by atoms with Gasteiger partial charge in [0.05, 0.1) is 13.7 Å². The van der Waals surface area contributed by atoms with Crippen LogP contribution in [0.15, 0.2) is 97.1 Å². The Balaban J connectivity index is 1.37. The molecule has 4 aromatic rings. The summed E-state index contributed by atoms with van der Waals surface area (Å²) in [5.74, 6) is 2.80. The molecule has 0 radical (unpaired) electrons. The molecule has 1 N–H and O–H groups in total. The molecule has 35 heavy (non-hydrogen) atoms. The summed E-state index contributed by atoms with van der Waals surface area (Å²) < 4.78 is 23.6. The molecule has 0 aliphatic carbocycles. The molecular weight excluding hydrogens is 440 g/mol. The summed E-state index contributed by atoms with van der Waals surface area (Å²) in [5.41, 5.74) is 3.88. The van der Waals surface area contributed by atoms with E-state index in [9.17, 15) is 5.11 Å². The van der Waals surface area contributed by atoms with E-state index in [1.165, 1.54) is 0 Å². The van der Waals surface area contributed by atoms with E-state index in [1.54, 1.807) is 19.2 Å². The van der Waals surface area contributed by atoms with Gasteiger partial charge in [0.2, 0.25) is 0 Å². The van der Waals surface area contributed by atoms with Gasteiger partial charge >= 0.3 is 0 Å². The standard InChI is InChI=1S/C30H30O5/c1-22(27-10-6-7-11-28(27)33-20-23-8-4-3-5-9-23)35-26-15-12-24(13-16-26)21-34-30-18-25(19-31)14-17-29(30)32-2/h3-18,22,31H,19-21H2,1-2H3. The van der Waals surface area contributed by atoms with Gasteiger partial charge in [0.15, 0.2) is 11.5 Å². The molecule has 180 valence electrons. The third-order valence-corrected chi connectivity index (χ3v) is 5.64. The number of ether oxygens (including phenoxy) is 4. The van der Waals surface area contributed by atoms with Crippen LogP contribution in [0, 0.1) is 0 Å². The van der Waals surface area contributed by atoms with Crippen LogP contribution < -0.4 is 18.9 Å². The molecule has 5 nitrogen and oxygen atoms in total. The largest absolute Gasteiger partial charge is 0.493 e. The molecule has 0 heterocycles. The SMILES string of the molecule is COc1ccc(CO)cc1OCc1ccc(OC(C)c2ccccc2OCc2ccccc2)cc1. The number of methoxy groups -OCH3 is 1. The first-order chi connectivity index (χ1) is 17.2. The van der Waals surface area contributed by atoms with E-state index in [0.29, 0.717) is 24.7 Å². The highest BCUT2D eigenvalue weighted by molar-refractivity contribution is 5.43. The van der Waals surface area contributed by atoms with Crippen molar-refractivity contribution in [2.45, 2.75) is 32.8 Å². The van der Waals surface area contributed by atoms with Gasteiger partial charge in [0.1, 0.15) is 30.8 Å². The Hall–Kier alpha value is -3.96. The summed E-state index contributed by atoms with van der Waals surface area (Å²) in [7, 11) is 1.60. The zero-order valence-electron chi connectivity index (χ0n) is 20.0. The molecule has 0 fully saturated rings. The van der Waals surface area contributed by atoms with Crippen molar-refractivity contribution in [1.29, 1.82) is 0 Å². The zero-order chi connectivity index (χ0) is 24.5. The minimum absolute atomic E-state index is 0.0506. The van der Waals surface area contributed by atoms with Gasteiger partial charge in [-0.1, -0.05) is 66.7 Å². The Kier molecular flexibility index (Phi) is 8.25. The first-order valence-electron chi connectivity index (χ1n) is 11.6. The Labute approximate surface area is 206 Å². The Bertz CT molecular complexity index is 1210. The summed E-state index contributed by atoms with van der Waals surface area (Å²) >= 11 is 0. The Morgan fingerprint density at radius 1 is 0.657 bits per heavy atom. The van der Waals surface area contributed by atoms with Crippen LogP contribution in [0.25, 0.3) is 0 Å². The van der Waals surface area contributed by atoms with E-state index in [0.717, 1.165) is 33.8 Å². The molecule has 0 amide bonds. The summed E-state index contributed by atoms with van der Waals surface area (Å²) in [6.45, 7) is 2.84. The topological polar surface area (TPSA) is 57.2 Å². The predicted molar refractivity (Wildman–Crippen MR) is 136 cm³/mol. The van der Waals surface area contributed by atoms with Crippen molar-refractivity contribution in [3.63, 3.8) is 0 Å². The number of hydrogen-bond donors (Lipinski definition) is 1. The summed E-state index contributed by atoms with van der Waals surface area (Å²) in [6, 6.07) is 31.3. The van der Waals surface area contributed by atoms with Gasteiger partial charge < -0.3 is 24.1 Å². The van der Waals surface area contributed by atoms with Crippen molar-refractivity contribution < 1.29 is 24.1 Å². The minimum Gasteiger partial charge on any atom is -0.493 e. The molecule has 1 atom stereocenters. The molecule has 0 saturated carbocycles. The molecule has 0 aromatic heterocycles. The molecule has 0 spiro atoms. The molecule has 4 aromatic carbocycles. The number of rotatable bonds is 11. The lowest BCUT2D eigenvalue weighted by Gasteiger charge is -2.19. The van der Waals surface area contributed by atoms with Gasteiger partial charge in [-0.2, -0.15) is 0 Å². The van der Waals surface area contributed by atoms with Gasteiger partial charge in [0.25, 0.3) is 0 Å². The second kappa shape index (κ2) is 12.0. The molecule has 1 unspecified atom stereocenters. The third-order valence-electron chi connectivity index (χ3n) is 5.64. The highest BCUT2D eigenvalue weighted by Gasteiger charge is 2.14. The predicted octanol–water partition coefficient (Wildman–Crippen LogP) is 6.49. The van der Waals surface area contributed by atoms with Gasteiger partial charge in [-0.25, -0.2) is 0 Å². The second-order valence-corrected chi connectivity index (χ2v) is 8.15. The van der Waals surface area contributed by atoms with Crippen molar-refractivity contribution in [2.24, 2.45) is 0 Å². The fourth-order valence-electron chi connectivity index (χ4n) is 3.71. The van der Waals surface area contributed by atoms with Crippen LogP contribution in [0.2, 0.25) is 0 Å². The number of hydrogen-bond acceptors (Lipinski definition) is 5. The first kappa shape index (κ1) is 24.2. The zero-order valence-corrected chi connectivity index (χ0v) is 20.0. The Morgan fingerprint density at radius 3 is 2.00 bits per heavy atom. The summed E-state index contributed by atoms with van der Waals surface area (Å²) in [4.78, 5) is 0. The molecule has 0 saturated heterocycles. The molecule has 0 aliphatic rings. The van der Waals surface area contributed by atoms with E-state index in [1.807, 2.05) is 91.9 Å².